The summed E-state index contributed by atoms with van der Waals surface area (Å²) in [4.78, 5) is 12.6. The molecular formula is C25H27NO3. The molecule has 0 bridgehead atoms. The lowest BCUT2D eigenvalue weighted by Crippen LogP contribution is -2.13. The van der Waals surface area contributed by atoms with Gasteiger partial charge in [0.1, 0.15) is 11.5 Å². The summed E-state index contributed by atoms with van der Waals surface area (Å²) in [6.45, 7) is 3.35. The summed E-state index contributed by atoms with van der Waals surface area (Å²) >= 11 is 0. The molecule has 1 amide bonds. The van der Waals surface area contributed by atoms with Gasteiger partial charge in [-0.05, 0) is 48.4 Å². The van der Waals surface area contributed by atoms with E-state index in [9.17, 15) is 4.79 Å². The minimum atomic E-state index is -0.174. The van der Waals surface area contributed by atoms with E-state index in [0.717, 1.165) is 25.0 Å². The third-order valence-corrected chi connectivity index (χ3v) is 4.51. The Morgan fingerprint density at radius 1 is 0.828 bits per heavy atom. The molecule has 0 saturated heterocycles. The Balaban J connectivity index is 1.54. The highest BCUT2D eigenvalue weighted by Crippen LogP contribution is 2.25. The second-order valence-electron chi connectivity index (χ2n) is 6.76. The summed E-state index contributed by atoms with van der Waals surface area (Å²) in [6, 6.07) is 24.9. The van der Waals surface area contributed by atoms with Gasteiger partial charge in [-0.3, -0.25) is 4.79 Å². The van der Waals surface area contributed by atoms with Crippen molar-refractivity contribution in [3.8, 4) is 11.5 Å². The van der Waals surface area contributed by atoms with Crippen LogP contribution in [-0.4, -0.2) is 19.1 Å². The largest absolute Gasteiger partial charge is 0.493 e. The van der Waals surface area contributed by atoms with Crippen molar-refractivity contribution < 1.29 is 14.3 Å². The average molecular weight is 389 g/mol. The first kappa shape index (κ1) is 20.5. The second kappa shape index (κ2) is 10.9. The molecule has 29 heavy (non-hydrogen) atoms. The Morgan fingerprint density at radius 3 is 2.31 bits per heavy atom. The van der Waals surface area contributed by atoms with Crippen molar-refractivity contribution in [1.82, 2.24) is 0 Å². The lowest BCUT2D eigenvalue weighted by Gasteiger charge is -2.12. The maximum absolute atomic E-state index is 12.6. The monoisotopic (exact) mass is 389 g/mol. The van der Waals surface area contributed by atoms with Gasteiger partial charge in [0.2, 0.25) is 0 Å². The molecule has 0 unspecified atom stereocenters. The third-order valence-electron chi connectivity index (χ3n) is 4.51. The van der Waals surface area contributed by atoms with Crippen LogP contribution < -0.4 is 14.8 Å². The van der Waals surface area contributed by atoms with Crippen LogP contribution in [0.4, 0.5) is 5.69 Å². The molecule has 0 aliphatic heterocycles. The van der Waals surface area contributed by atoms with Gasteiger partial charge in [0.25, 0.3) is 5.91 Å². The van der Waals surface area contributed by atoms with E-state index in [1.807, 2.05) is 54.6 Å². The quantitative estimate of drug-likeness (QED) is 0.450. The molecule has 3 aromatic carbocycles. The normalized spacial score (nSPS) is 10.4. The van der Waals surface area contributed by atoms with Crippen LogP contribution in [0.3, 0.4) is 0 Å². The number of carbonyl (C=O) groups is 1. The van der Waals surface area contributed by atoms with Crippen molar-refractivity contribution in [2.45, 2.75) is 26.2 Å². The summed E-state index contributed by atoms with van der Waals surface area (Å²) in [6.07, 6.45) is 2.89. The summed E-state index contributed by atoms with van der Waals surface area (Å²) in [7, 11) is 0. The Labute approximate surface area is 172 Å². The molecule has 0 atom stereocenters. The number of para-hydroxylation sites is 2. The summed E-state index contributed by atoms with van der Waals surface area (Å²) in [5, 5.41) is 2.93. The molecule has 0 aromatic heterocycles. The molecule has 0 aliphatic rings. The summed E-state index contributed by atoms with van der Waals surface area (Å²) in [5.41, 5.74) is 2.49. The predicted molar refractivity (Wildman–Crippen MR) is 117 cm³/mol. The van der Waals surface area contributed by atoms with Crippen molar-refractivity contribution in [3.63, 3.8) is 0 Å². The molecule has 3 rings (SSSR count). The summed E-state index contributed by atoms with van der Waals surface area (Å²) < 4.78 is 11.6. The fraction of sp³-hybridized carbons (Fsp3) is 0.240. The lowest BCUT2D eigenvalue weighted by atomic mass is 10.1. The molecule has 0 aliphatic carbocycles. The zero-order valence-corrected chi connectivity index (χ0v) is 16.8. The van der Waals surface area contributed by atoms with Gasteiger partial charge >= 0.3 is 0 Å². The number of rotatable bonds is 10. The molecule has 0 spiro atoms. The van der Waals surface area contributed by atoms with Crippen molar-refractivity contribution in [2.24, 2.45) is 0 Å². The van der Waals surface area contributed by atoms with E-state index in [1.165, 1.54) is 5.56 Å². The number of hydrogen-bond donors (Lipinski definition) is 1. The van der Waals surface area contributed by atoms with E-state index in [2.05, 4.69) is 24.4 Å². The second-order valence-corrected chi connectivity index (χ2v) is 6.76. The molecule has 4 nitrogen and oxygen atoms in total. The first-order valence-corrected chi connectivity index (χ1v) is 10.1. The van der Waals surface area contributed by atoms with Crippen LogP contribution in [-0.2, 0) is 6.42 Å². The molecule has 3 aromatic rings. The number of anilines is 1. The zero-order valence-electron chi connectivity index (χ0n) is 16.8. The van der Waals surface area contributed by atoms with Crippen LogP contribution in [0.2, 0.25) is 0 Å². The lowest BCUT2D eigenvalue weighted by molar-refractivity contribution is 0.102. The first-order chi connectivity index (χ1) is 14.3. The van der Waals surface area contributed by atoms with Crippen LogP contribution >= 0.6 is 0 Å². The van der Waals surface area contributed by atoms with Gasteiger partial charge in [-0.25, -0.2) is 0 Å². The number of unbranched alkanes of at least 4 members (excludes halogenated alkanes) is 1. The molecule has 1 N–H and O–H groups in total. The number of benzene rings is 3. The van der Waals surface area contributed by atoms with Crippen molar-refractivity contribution in [1.29, 1.82) is 0 Å². The van der Waals surface area contributed by atoms with E-state index in [1.54, 1.807) is 12.1 Å². The smallest absolute Gasteiger partial charge is 0.255 e. The van der Waals surface area contributed by atoms with E-state index in [0.29, 0.717) is 30.2 Å². The number of amides is 1. The SMILES string of the molecule is CCCCOc1ccccc1NC(=O)c1ccc(OCCc2ccccc2)cc1. The Kier molecular flexibility index (Phi) is 7.70. The number of carbonyl (C=O) groups excluding carboxylic acids is 1. The molecule has 150 valence electrons. The maximum atomic E-state index is 12.6. The van der Waals surface area contributed by atoms with E-state index < -0.39 is 0 Å². The van der Waals surface area contributed by atoms with Crippen LogP contribution in [0.25, 0.3) is 0 Å². The fourth-order valence-electron chi connectivity index (χ4n) is 2.85. The Bertz CT molecular complexity index is 891. The number of hydrogen-bond acceptors (Lipinski definition) is 3. The fourth-order valence-corrected chi connectivity index (χ4v) is 2.85. The van der Waals surface area contributed by atoms with Gasteiger partial charge in [0, 0.05) is 12.0 Å². The molecule has 4 heteroatoms. The molecule has 0 heterocycles. The summed E-state index contributed by atoms with van der Waals surface area (Å²) in [5.74, 6) is 1.27. The van der Waals surface area contributed by atoms with Crippen molar-refractivity contribution in [3.05, 3.63) is 90.0 Å². The number of nitrogens with one attached hydrogen (secondary N) is 1. The van der Waals surface area contributed by atoms with Gasteiger partial charge in [-0.15, -0.1) is 0 Å². The van der Waals surface area contributed by atoms with E-state index in [-0.39, 0.29) is 5.91 Å². The van der Waals surface area contributed by atoms with Gasteiger partial charge in [0.15, 0.2) is 0 Å². The molecular weight excluding hydrogens is 362 g/mol. The van der Waals surface area contributed by atoms with Gasteiger partial charge < -0.3 is 14.8 Å². The predicted octanol–water partition coefficient (Wildman–Crippen LogP) is 5.74. The third kappa shape index (κ3) is 6.39. The van der Waals surface area contributed by atoms with E-state index in [4.69, 9.17) is 9.47 Å². The minimum absolute atomic E-state index is 0.174. The van der Waals surface area contributed by atoms with Gasteiger partial charge in [-0.1, -0.05) is 55.8 Å². The van der Waals surface area contributed by atoms with Crippen LogP contribution in [0.5, 0.6) is 11.5 Å². The average Bonchev–Trinajstić information content (AvgIpc) is 2.76. The van der Waals surface area contributed by atoms with Crippen molar-refractivity contribution in [2.75, 3.05) is 18.5 Å². The van der Waals surface area contributed by atoms with E-state index >= 15 is 0 Å². The molecule has 0 fully saturated rings. The first-order valence-electron chi connectivity index (χ1n) is 10.1. The highest BCUT2D eigenvalue weighted by molar-refractivity contribution is 6.05. The van der Waals surface area contributed by atoms with Crippen LogP contribution in [0, 0.1) is 0 Å². The number of ether oxygens (including phenoxy) is 2. The topological polar surface area (TPSA) is 47.6 Å². The van der Waals surface area contributed by atoms with Crippen LogP contribution in [0.1, 0.15) is 35.7 Å². The minimum Gasteiger partial charge on any atom is -0.493 e. The van der Waals surface area contributed by atoms with Crippen molar-refractivity contribution >= 4 is 11.6 Å². The Morgan fingerprint density at radius 2 is 1.55 bits per heavy atom. The van der Waals surface area contributed by atoms with Crippen LogP contribution in [0.15, 0.2) is 78.9 Å². The molecule has 0 saturated carbocycles. The van der Waals surface area contributed by atoms with Gasteiger partial charge in [-0.2, -0.15) is 0 Å². The highest BCUT2D eigenvalue weighted by Gasteiger charge is 2.10. The Hall–Kier alpha value is -3.27. The maximum Gasteiger partial charge on any atom is 0.255 e. The van der Waals surface area contributed by atoms with Gasteiger partial charge in [0.05, 0.1) is 18.9 Å². The highest BCUT2D eigenvalue weighted by atomic mass is 16.5. The molecule has 0 radical (unpaired) electrons. The standard InChI is InChI=1S/C25H27NO3/c1-2-3-18-29-24-12-8-7-11-23(24)26-25(27)21-13-15-22(16-14-21)28-19-17-20-9-5-4-6-10-20/h4-16H,2-3,17-19H2,1H3,(H,26,27). The zero-order chi connectivity index (χ0) is 20.3.